The molecule has 0 unspecified atom stereocenters. The Morgan fingerprint density at radius 3 is 2.65 bits per heavy atom. The van der Waals surface area contributed by atoms with E-state index in [1.165, 1.54) is 18.3 Å². The molecule has 0 radical (unpaired) electrons. The van der Waals surface area contributed by atoms with E-state index in [1.807, 2.05) is 0 Å². The molecule has 0 aliphatic carbocycles. The van der Waals surface area contributed by atoms with Crippen LogP contribution in [-0.4, -0.2) is 4.98 Å². The van der Waals surface area contributed by atoms with Crippen LogP contribution < -0.4 is 0 Å². The number of hydrogen-bond donors (Lipinski definition) is 0. The van der Waals surface area contributed by atoms with Crippen molar-refractivity contribution in [3.63, 3.8) is 0 Å². The first-order chi connectivity index (χ1) is 8.20. The topological polar surface area (TPSA) is 12.9 Å². The SMILES string of the molecule is CC#Cc1cncc(-c2ccc(F)cc2F)c1. The second-order valence-electron chi connectivity index (χ2n) is 3.46. The predicted octanol–water partition coefficient (Wildman–Crippen LogP) is 3.40. The summed E-state index contributed by atoms with van der Waals surface area (Å²) in [5.41, 5.74) is 1.61. The van der Waals surface area contributed by atoms with Gasteiger partial charge in [0.15, 0.2) is 0 Å². The highest BCUT2D eigenvalue weighted by Crippen LogP contribution is 2.23. The van der Waals surface area contributed by atoms with Gasteiger partial charge in [-0.2, -0.15) is 0 Å². The molecule has 0 aliphatic rings. The lowest BCUT2D eigenvalue weighted by Crippen LogP contribution is -1.88. The van der Waals surface area contributed by atoms with Gasteiger partial charge in [-0.3, -0.25) is 4.98 Å². The first kappa shape index (κ1) is 11.3. The van der Waals surface area contributed by atoms with Crippen molar-refractivity contribution in [3.8, 4) is 23.0 Å². The fourth-order valence-corrected chi connectivity index (χ4v) is 1.52. The van der Waals surface area contributed by atoms with Gasteiger partial charge in [-0.15, -0.1) is 5.92 Å². The van der Waals surface area contributed by atoms with Gasteiger partial charge in [-0.05, 0) is 25.1 Å². The molecule has 1 aromatic heterocycles. The summed E-state index contributed by atoms with van der Waals surface area (Å²) in [6.07, 6.45) is 3.12. The average Bonchev–Trinajstić information content (AvgIpc) is 2.29. The smallest absolute Gasteiger partial charge is 0.133 e. The Kier molecular flexibility index (Phi) is 3.15. The summed E-state index contributed by atoms with van der Waals surface area (Å²) >= 11 is 0. The standard InChI is InChI=1S/C14H9F2N/c1-2-3-10-6-11(9-17-8-10)13-5-4-12(15)7-14(13)16/h4-9H,1H3. The zero-order valence-corrected chi connectivity index (χ0v) is 9.17. The van der Waals surface area contributed by atoms with Crippen LogP contribution in [0.4, 0.5) is 8.78 Å². The number of halogens is 2. The van der Waals surface area contributed by atoms with Crippen LogP contribution in [0.15, 0.2) is 36.7 Å². The number of pyridine rings is 1. The van der Waals surface area contributed by atoms with E-state index in [0.717, 1.165) is 6.07 Å². The van der Waals surface area contributed by atoms with Crippen LogP contribution in [-0.2, 0) is 0 Å². The van der Waals surface area contributed by atoms with Crippen molar-refractivity contribution < 1.29 is 8.78 Å². The van der Waals surface area contributed by atoms with E-state index in [1.54, 1.807) is 19.2 Å². The molecule has 1 nitrogen and oxygen atoms in total. The Bertz CT molecular complexity index is 609. The van der Waals surface area contributed by atoms with E-state index < -0.39 is 11.6 Å². The molecule has 84 valence electrons. The van der Waals surface area contributed by atoms with Crippen LogP contribution in [0.25, 0.3) is 11.1 Å². The minimum absolute atomic E-state index is 0.318. The molecule has 3 heteroatoms. The minimum atomic E-state index is -0.603. The highest BCUT2D eigenvalue weighted by Gasteiger charge is 2.06. The Morgan fingerprint density at radius 1 is 1.12 bits per heavy atom. The van der Waals surface area contributed by atoms with Gasteiger partial charge in [-0.25, -0.2) is 8.78 Å². The molecule has 0 bridgehead atoms. The lowest BCUT2D eigenvalue weighted by Gasteiger charge is -2.03. The quantitative estimate of drug-likeness (QED) is 0.683. The molecule has 0 aliphatic heterocycles. The predicted molar refractivity (Wildman–Crippen MR) is 62.1 cm³/mol. The normalized spacial score (nSPS) is 9.59. The van der Waals surface area contributed by atoms with Crippen molar-refractivity contribution in [1.29, 1.82) is 0 Å². The molecule has 0 amide bonds. The van der Waals surface area contributed by atoms with Crippen molar-refractivity contribution in [3.05, 3.63) is 53.9 Å². The van der Waals surface area contributed by atoms with Gasteiger partial charge in [0.05, 0.1) is 0 Å². The maximum absolute atomic E-state index is 13.5. The summed E-state index contributed by atoms with van der Waals surface area (Å²) in [6.45, 7) is 1.71. The van der Waals surface area contributed by atoms with E-state index in [4.69, 9.17) is 0 Å². The van der Waals surface area contributed by atoms with Crippen molar-refractivity contribution >= 4 is 0 Å². The molecule has 1 aromatic carbocycles. The third-order valence-electron chi connectivity index (χ3n) is 2.25. The second kappa shape index (κ2) is 4.75. The molecule has 2 rings (SSSR count). The zero-order valence-electron chi connectivity index (χ0n) is 9.17. The molecule has 1 heterocycles. The molecule has 0 fully saturated rings. The van der Waals surface area contributed by atoms with E-state index in [-0.39, 0.29) is 0 Å². The van der Waals surface area contributed by atoms with Gasteiger partial charge in [-0.1, -0.05) is 5.92 Å². The molecule has 2 aromatic rings. The summed E-state index contributed by atoms with van der Waals surface area (Å²) in [5, 5.41) is 0. The fourth-order valence-electron chi connectivity index (χ4n) is 1.52. The minimum Gasteiger partial charge on any atom is -0.263 e. The maximum Gasteiger partial charge on any atom is 0.133 e. The fraction of sp³-hybridized carbons (Fsp3) is 0.0714. The van der Waals surface area contributed by atoms with Crippen molar-refractivity contribution in [1.82, 2.24) is 4.98 Å². The Morgan fingerprint density at radius 2 is 1.94 bits per heavy atom. The van der Waals surface area contributed by atoms with E-state index >= 15 is 0 Å². The molecular formula is C14H9F2N. The highest BCUT2D eigenvalue weighted by atomic mass is 19.1. The molecular weight excluding hydrogens is 220 g/mol. The van der Waals surface area contributed by atoms with Crippen LogP contribution in [0.5, 0.6) is 0 Å². The number of hydrogen-bond acceptors (Lipinski definition) is 1. The lowest BCUT2D eigenvalue weighted by atomic mass is 10.1. The van der Waals surface area contributed by atoms with Gasteiger partial charge < -0.3 is 0 Å². The van der Waals surface area contributed by atoms with Crippen LogP contribution in [0, 0.1) is 23.5 Å². The molecule has 0 N–H and O–H groups in total. The van der Waals surface area contributed by atoms with Gasteiger partial charge in [0.1, 0.15) is 11.6 Å². The lowest BCUT2D eigenvalue weighted by molar-refractivity contribution is 0.585. The summed E-state index contributed by atoms with van der Waals surface area (Å²) in [7, 11) is 0. The first-order valence-electron chi connectivity index (χ1n) is 5.04. The number of nitrogens with zero attached hydrogens (tertiary/aromatic N) is 1. The molecule has 0 saturated heterocycles. The highest BCUT2D eigenvalue weighted by molar-refractivity contribution is 5.64. The zero-order chi connectivity index (χ0) is 12.3. The van der Waals surface area contributed by atoms with E-state index in [0.29, 0.717) is 16.7 Å². The largest absolute Gasteiger partial charge is 0.263 e. The molecule has 17 heavy (non-hydrogen) atoms. The van der Waals surface area contributed by atoms with Crippen molar-refractivity contribution in [2.24, 2.45) is 0 Å². The second-order valence-corrected chi connectivity index (χ2v) is 3.46. The van der Waals surface area contributed by atoms with E-state index in [9.17, 15) is 8.78 Å². The van der Waals surface area contributed by atoms with Crippen molar-refractivity contribution in [2.45, 2.75) is 6.92 Å². The number of benzene rings is 1. The summed E-state index contributed by atoms with van der Waals surface area (Å²) in [5.74, 6) is 4.39. The third kappa shape index (κ3) is 2.48. The molecule has 0 atom stereocenters. The Balaban J connectivity index is 2.51. The monoisotopic (exact) mass is 229 g/mol. The van der Waals surface area contributed by atoms with Gasteiger partial charge in [0.2, 0.25) is 0 Å². The van der Waals surface area contributed by atoms with Gasteiger partial charge >= 0.3 is 0 Å². The summed E-state index contributed by atoms with van der Waals surface area (Å²) < 4.78 is 26.3. The van der Waals surface area contributed by atoms with Gasteiger partial charge in [0, 0.05) is 35.2 Å². The average molecular weight is 229 g/mol. The molecule has 0 spiro atoms. The summed E-state index contributed by atoms with van der Waals surface area (Å²) in [6, 6.07) is 5.19. The molecule has 0 saturated carbocycles. The van der Waals surface area contributed by atoms with E-state index in [2.05, 4.69) is 16.8 Å². The van der Waals surface area contributed by atoms with Crippen LogP contribution in [0.1, 0.15) is 12.5 Å². The van der Waals surface area contributed by atoms with Gasteiger partial charge in [0.25, 0.3) is 0 Å². The van der Waals surface area contributed by atoms with Crippen LogP contribution >= 0.6 is 0 Å². The number of aromatic nitrogens is 1. The first-order valence-corrected chi connectivity index (χ1v) is 5.04. The summed E-state index contributed by atoms with van der Waals surface area (Å²) in [4.78, 5) is 3.98. The van der Waals surface area contributed by atoms with Crippen LogP contribution in [0.3, 0.4) is 0 Å². The van der Waals surface area contributed by atoms with Crippen molar-refractivity contribution in [2.75, 3.05) is 0 Å². The van der Waals surface area contributed by atoms with Crippen LogP contribution in [0.2, 0.25) is 0 Å². The maximum atomic E-state index is 13.5. The Hall–Kier alpha value is -2.21. The number of rotatable bonds is 1. The third-order valence-corrected chi connectivity index (χ3v) is 2.25. The Labute approximate surface area is 98.1 Å².